The number of carbonyl (C=O) groups excluding carboxylic acids is 2. The van der Waals surface area contributed by atoms with Gasteiger partial charge < -0.3 is 16.4 Å². The van der Waals surface area contributed by atoms with Gasteiger partial charge in [0.15, 0.2) is 0 Å². The summed E-state index contributed by atoms with van der Waals surface area (Å²) in [5.41, 5.74) is 7.54. The van der Waals surface area contributed by atoms with Gasteiger partial charge in [0.05, 0.1) is 12.6 Å². The maximum absolute atomic E-state index is 11.8. The summed E-state index contributed by atoms with van der Waals surface area (Å²) in [5.74, 6) is -0.520. The number of halogens is 1. The molecule has 2 amide bonds. The average Bonchev–Trinajstić information content (AvgIpc) is 2.44. The fraction of sp³-hybridized carbons (Fsp3) is 0.467. The van der Waals surface area contributed by atoms with Crippen molar-refractivity contribution < 1.29 is 9.59 Å². The molecule has 0 radical (unpaired) electrons. The van der Waals surface area contributed by atoms with Crippen molar-refractivity contribution in [3.63, 3.8) is 0 Å². The molecule has 118 valence electrons. The molecule has 1 aromatic rings. The lowest BCUT2D eigenvalue weighted by molar-refractivity contribution is -0.125. The summed E-state index contributed by atoms with van der Waals surface area (Å²) < 4.78 is 0. The highest BCUT2D eigenvalue weighted by atomic mass is 35.5. The summed E-state index contributed by atoms with van der Waals surface area (Å²) >= 11 is 0. The minimum Gasteiger partial charge on any atom is -0.346 e. The number of hydrogen-bond acceptors (Lipinski definition) is 3. The third kappa shape index (κ3) is 6.14. The number of rotatable bonds is 6. The standard InChI is InChI=1S/C15H23N3O2.ClH/c1-4-11-7-5-6-8-12(11)18-13(19)9-17-15(20)14(16)10(2)3;/h5-8,10,14H,4,9,16H2,1-3H3,(H,17,20)(H,18,19);1H/t14-;/m0./s1. The third-order valence-electron chi connectivity index (χ3n) is 3.12. The van der Waals surface area contributed by atoms with Crippen molar-refractivity contribution in [2.24, 2.45) is 11.7 Å². The van der Waals surface area contributed by atoms with Crippen LogP contribution in [0.2, 0.25) is 0 Å². The van der Waals surface area contributed by atoms with Gasteiger partial charge in [-0.3, -0.25) is 9.59 Å². The number of aryl methyl sites for hydroxylation is 1. The Hall–Kier alpha value is -1.59. The monoisotopic (exact) mass is 313 g/mol. The fourth-order valence-electron chi connectivity index (χ4n) is 1.73. The van der Waals surface area contributed by atoms with Crippen molar-refractivity contribution in [3.8, 4) is 0 Å². The minimum absolute atomic E-state index is 0. The van der Waals surface area contributed by atoms with Gasteiger partial charge in [-0.05, 0) is 24.0 Å². The Bertz CT molecular complexity index is 478. The Kier molecular flexibility index (Phi) is 8.66. The largest absolute Gasteiger partial charge is 0.346 e. The molecule has 0 unspecified atom stereocenters. The summed E-state index contributed by atoms with van der Waals surface area (Å²) in [6.45, 7) is 5.68. The van der Waals surface area contributed by atoms with Crippen LogP contribution in [0.15, 0.2) is 24.3 Å². The van der Waals surface area contributed by atoms with Gasteiger partial charge in [-0.1, -0.05) is 39.0 Å². The predicted molar refractivity (Wildman–Crippen MR) is 87.5 cm³/mol. The van der Waals surface area contributed by atoms with E-state index in [9.17, 15) is 9.59 Å². The molecule has 0 saturated carbocycles. The zero-order chi connectivity index (χ0) is 15.1. The number of nitrogens with two attached hydrogens (primary N) is 1. The molecule has 4 N–H and O–H groups in total. The molecule has 0 saturated heterocycles. The van der Waals surface area contributed by atoms with Crippen LogP contribution in [0, 0.1) is 5.92 Å². The van der Waals surface area contributed by atoms with E-state index in [2.05, 4.69) is 10.6 Å². The number of nitrogens with one attached hydrogen (secondary N) is 2. The molecule has 0 aliphatic rings. The highest BCUT2D eigenvalue weighted by Crippen LogP contribution is 2.14. The zero-order valence-electron chi connectivity index (χ0n) is 12.7. The second-order valence-corrected chi connectivity index (χ2v) is 5.05. The smallest absolute Gasteiger partial charge is 0.243 e. The number of para-hydroxylation sites is 1. The van der Waals surface area contributed by atoms with Crippen LogP contribution in [0.5, 0.6) is 0 Å². The van der Waals surface area contributed by atoms with Crippen LogP contribution in [0.25, 0.3) is 0 Å². The van der Waals surface area contributed by atoms with Gasteiger partial charge in [-0.2, -0.15) is 0 Å². The first-order chi connectivity index (χ1) is 9.45. The molecule has 21 heavy (non-hydrogen) atoms. The molecule has 1 atom stereocenters. The van der Waals surface area contributed by atoms with Crippen LogP contribution < -0.4 is 16.4 Å². The predicted octanol–water partition coefficient (Wildman–Crippen LogP) is 1.71. The molecule has 0 heterocycles. The van der Waals surface area contributed by atoms with Crippen molar-refractivity contribution in [3.05, 3.63) is 29.8 Å². The van der Waals surface area contributed by atoms with Gasteiger partial charge in [-0.15, -0.1) is 12.4 Å². The second kappa shape index (κ2) is 9.37. The van der Waals surface area contributed by atoms with Crippen LogP contribution in [-0.4, -0.2) is 24.4 Å². The van der Waals surface area contributed by atoms with Gasteiger partial charge >= 0.3 is 0 Å². The summed E-state index contributed by atoms with van der Waals surface area (Å²) in [7, 11) is 0. The first-order valence-electron chi connectivity index (χ1n) is 6.86. The van der Waals surface area contributed by atoms with E-state index in [1.807, 2.05) is 45.0 Å². The van der Waals surface area contributed by atoms with E-state index in [1.54, 1.807) is 0 Å². The number of hydrogen-bond donors (Lipinski definition) is 3. The summed E-state index contributed by atoms with van der Waals surface area (Å²) in [6.07, 6.45) is 0.834. The lowest BCUT2D eigenvalue weighted by Crippen LogP contribution is -2.46. The van der Waals surface area contributed by atoms with E-state index in [4.69, 9.17) is 5.73 Å². The first-order valence-corrected chi connectivity index (χ1v) is 6.86. The molecule has 6 heteroatoms. The van der Waals surface area contributed by atoms with Gasteiger partial charge in [0.1, 0.15) is 0 Å². The van der Waals surface area contributed by atoms with Crippen molar-refractivity contribution in [1.29, 1.82) is 0 Å². The van der Waals surface area contributed by atoms with E-state index in [0.717, 1.165) is 17.7 Å². The Morgan fingerprint density at radius 3 is 2.43 bits per heavy atom. The van der Waals surface area contributed by atoms with E-state index in [0.29, 0.717) is 0 Å². The quantitative estimate of drug-likeness (QED) is 0.747. The van der Waals surface area contributed by atoms with Gasteiger partial charge in [0.2, 0.25) is 11.8 Å². The number of anilines is 1. The molecule has 0 aromatic heterocycles. The van der Waals surface area contributed by atoms with Crippen LogP contribution in [-0.2, 0) is 16.0 Å². The molecule has 0 aliphatic heterocycles. The van der Waals surface area contributed by atoms with Gasteiger partial charge in [0.25, 0.3) is 0 Å². The zero-order valence-corrected chi connectivity index (χ0v) is 13.5. The van der Waals surface area contributed by atoms with Gasteiger partial charge in [-0.25, -0.2) is 0 Å². The molecule has 1 rings (SSSR count). The molecule has 0 fully saturated rings. The van der Waals surface area contributed by atoms with E-state index < -0.39 is 6.04 Å². The maximum atomic E-state index is 11.8. The van der Waals surface area contributed by atoms with Crippen molar-refractivity contribution >= 4 is 29.9 Å². The Balaban J connectivity index is 0.00000400. The van der Waals surface area contributed by atoms with E-state index in [-0.39, 0.29) is 36.7 Å². The third-order valence-corrected chi connectivity index (χ3v) is 3.12. The van der Waals surface area contributed by atoms with Crippen LogP contribution in [0.3, 0.4) is 0 Å². The van der Waals surface area contributed by atoms with E-state index >= 15 is 0 Å². The highest BCUT2D eigenvalue weighted by Gasteiger charge is 2.17. The van der Waals surface area contributed by atoms with Crippen molar-refractivity contribution in [2.45, 2.75) is 33.2 Å². The van der Waals surface area contributed by atoms with Gasteiger partial charge in [0, 0.05) is 5.69 Å². The molecule has 0 bridgehead atoms. The van der Waals surface area contributed by atoms with Crippen molar-refractivity contribution in [2.75, 3.05) is 11.9 Å². The molecular weight excluding hydrogens is 290 g/mol. The Labute approximate surface area is 132 Å². The van der Waals surface area contributed by atoms with Crippen LogP contribution in [0.4, 0.5) is 5.69 Å². The normalized spacial score (nSPS) is 11.5. The number of amides is 2. The van der Waals surface area contributed by atoms with Crippen LogP contribution in [0.1, 0.15) is 26.3 Å². The molecule has 0 aliphatic carbocycles. The highest BCUT2D eigenvalue weighted by molar-refractivity contribution is 5.95. The van der Waals surface area contributed by atoms with E-state index in [1.165, 1.54) is 0 Å². The maximum Gasteiger partial charge on any atom is 0.243 e. The summed E-state index contributed by atoms with van der Waals surface area (Å²) in [6, 6.07) is 7.01. The average molecular weight is 314 g/mol. The second-order valence-electron chi connectivity index (χ2n) is 5.05. The Morgan fingerprint density at radius 1 is 1.24 bits per heavy atom. The molecule has 5 nitrogen and oxygen atoms in total. The summed E-state index contributed by atoms with van der Waals surface area (Å²) in [5, 5.41) is 5.34. The molecule has 0 spiro atoms. The topological polar surface area (TPSA) is 84.2 Å². The fourth-order valence-corrected chi connectivity index (χ4v) is 1.73. The SMILES string of the molecule is CCc1ccccc1NC(=O)CNC(=O)[C@@H](N)C(C)C.Cl. The lowest BCUT2D eigenvalue weighted by atomic mass is 10.1. The minimum atomic E-state index is -0.592. The summed E-state index contributed by atoms with van der Waals surface area (Å²) in [4.78, 5) is 23.5. The van der Waals surface area contributed by atoms with Crippen LogP contribution >= 0.6 is 12.4 Å². The number of benzene rings is 1. The van der Waals surface area contributed by atoms with Crippen molar-refractivity contribution in [1.82, 2.24) is 5.32 Å². The Morgan fingerprint density at radius 2 is 1.86 bits per heavy atom. The number of carbonyl (C=O) groups is 2. The molecular formula is C15H24ClN3O2. The molecule has 1 aromatic carbocycles. The first kappa shape index (κ1) is 19.4. The lowest BCUT2D eigenvalue weighted by Gasteiger charge is -2.15.